The van der Waals surface area contributed by atoms with E-state index < -0.39 is 18.0 Å². The molecule has 132 valence electrons. The third-order valence-corrected chi connectivity index (χ3v) is 4.87. The number of nitrogens with zero attached hydrogens (tertiary/aromatic N) is 2. The highest BCUT2D eigenvalue weighted by Gasteiger charge is 2.35. The summed E-state index contributed by atoms with van der Waals surface area (Å²) in [5, 5.41) is 9.11. The van der Waals surface area contributed by atoms with E-state index >= 15 is 0 Å². The third-order valence-electron chi connectivity index (χ3n) is 4.87. The van der Waals surface area contributed by atoms with Gasteiger partial charge >= 0.3 is 6.09 Å². The van der Waals surface area contributed by atoms with Crippen LogP contribution in [0.3, 0.4) is 0 Å². The topological polar surface area (TPSA) is 71.5 Å². The molecule has 24 heavy (non-hydrogen) atoms. The molecule has 2 heterocycles. The van der Waals surface area contributed by atoms with Crippen LogP contribution in [-0.4, -0.2) is 63.6 Å². The molecule has 1 aromatic rings. The van der Waals surface area contributed by atoms with Gasteiger partial charge in [-0.15, -0.1) is 0 Å². The Hall–Kier alpha value is -1.83. The molecule has 7 nitrogen and oxygen atoms in total. The molecule has 2 aliphatic rings. The van der Waals surface area contributed by atoms with Gasteiger partial charge in [0.25, 0.3) is 0 Å². The molecule has 1 unspecified atom stereocenters. The molecule has 7 heteroatoms. The summed E-state index contributed by atoms with van der Waals surface area (Å²) in [5.41, 5.74) is 1.88. The summed E-state index contributed by atoms with van der Waals surface area (Å²) in [5.74, 6) is -0.477. The Morgan fingerprint density at radius 1 is 1.17 bits per heavy atom. The van der Waals surface area contributed by atoms with Crippen LogP contribution in [0.15, 0.2) is 24.3 Å². The largest absolute Gasteiger partial charge is 0.441 e. The number of anilines is 2. The molecule has 0 radical (unpaired) electrons. The fourth-order valence-electron chi connectivity index (χ4n) is 3.27. The average molecular weight is 336 g/mol. The first kappa shape index (κ1) is 17.0. The van der Waals surface area contributed by atoms with E-state index in [4.69, 9.17) is 19.3 Å². The van der Waals surface area contributed by atoms with Crippen LogP contribution in [-0.2, 0) is 14.2 Å². The number of carbonyl (C=O) groups excluding carboxylic acids is 1. The Kier molecular flexibility index (Phi) is 4.93. The van der Waals surface area contributed by atoms with Crippen molar-refractivity contribution in [2.75, 3.05) is 50.3 Å². The normalized spacial score (nSPS) is 23.5. The van der Waals surface area contributed by atoms with E-state index in [1.54, 1.807) is 19.1 Å². The van der Waals surface area contributed by atoms with Gasteiger partial charge in [0.1, 0.15) is 6.10 Å². The fourth-order valence-corrected chi connectivity index (χ4v) is 3.27. The molecule has 0 saturated carbocycles. The van der Waals surface area contributed by atoms with Crippen molar-refractivity contribution in [2.45, 2.75) is 24.7 Å². The Labute approximate surface area is 141 Å². The number of hydrogen-bond acceptors (Lipinski definition) is 6. The highest BCUT2D eigenvalue weighted by atomic mass is 16.7. The second kappa shape index (κ2) is 6.96. The van der Waals surface area contributed by atoms with Gasteiger partial charge in [0.15, 0.2) is 5.79 Å². The van der Waals surface area contributed by atoms with Crippen LogP contribution in [0.4, 0.5) is 16.2 Å². The lowest BCUT2D eigenvalue weighted by molar-refractivity contribution is -0.216. The molecular weight excluding hydrogens is 312 g/mol. The van der Waals surface area contributed by atoms with Crippen molar-refractivity contribution < 1.29 is 24.1 Å². The van der Waals surface area contributed by atoms with Crippen molar-refractivity contribution in [3.8, 4) is 0 Å². The Morgan fingerprint density at radius 3 is 2.25 bits per heavy atom. The van der Waals surface area contributed by atoms with Crippen LogP contribution < -0.4 is 9.80 Å². The standard InChI is InChI=1S/C17H24N2O5/c1-22-17(23-2)7-9-18(10-8-17)13-3-5-14(6-4-13)19-11-15(12-20)24-16(19)21/h3-6,15,20H,7-12H2,1-2H3. The van der Waals surface area contributed by atoms with E-state index in [-0.39, 0.29) is 6.61 Å². The van der Waals surface area contributed by atoms with Gasteiger partial charge in [0, 0.05) is 51.5 Å². The monoisotopic (exact) mass is 336 g/mol. The Balaban J connectivity index is 1.64. The van der Waals surface area contributed by atoms with Crippen LogP contribution in [0, 0.1) is 0 Å². The minimum Gasteiger partial charge on any atom is -0.441 e. The smallest absolute Gasteiger partial charge is 0.414 e. The SMILES string of the molecule is COC1(OC)CCN(c2ccc(N3CC(CO)OC3=O)cc2)CC1. The number of carbonyl (C=O) groups is 1. The second-order valence-electron chi connectivity index (χ2n) is 6.12. The van der Waals surface area contributed by atoms with Gasteiger partial charge in [-0.05, 0) is 24.3 Å². The lowest BCUT2D eigenvalue weighted by Gasteiger charge is -2.40. The van der Waals surface area contributed by atoms with Crippen LogP contribution in [0.25, 0.3) is 0 Å². The van der Waals surface area contributed by atoms with Crippen LogP contribution in [0.5, 0.6) is 0 Å². The number of piperidine rings is 1. The van der Waals surface area contributed by atoms with E-state index in [0.717, 1.165) is 37.3 Å². The van der Waals surface area contributed by atoms with Crippen molar-refractivity contribution in [2.24, 2.45) is 0 Å². The number of rotatable bonds is 5. The highest BCUT2D eigenvalue weighted by Crippen LogP contribution is 2.31. The van der Waals surface area contributed by atoms with Gasteiger partial charge < -0.3 is 24.2 Å². The zero-order valence-electron chi connectivity index (χ0n) is 14.1. The Bertz CT molecular complexity index is 563. The van der Waals surface area contributed by atoms with E-state index in [0.29, 0.717) is 6.54 Å². The number of benzene rings is 1. The lowest BCUT2D eigenvalue weighted by Crippen LogP contribution is -2.46. The average Bonchev–Trinajstić information content (AvgIpc) is 3.03. The molecule has 0 bridgehead atoms. The van der Waals surface area contributed by atoms with E-state index in [1.807, 2.05) is 24.3 Å². The molecule has 2 saturated heterocycles. The molecule has 0 aliphatic carbocycles. The number of hydrogen-bond donors (Lipinski definition) is 1. The maximum atomic E-state index is 11.8. The van der Waals surface area contributed by atoms with Crippen molar-refractivity contribution in [3.63, 3.8) is 0 Å². The van der Waals surface area contributed by atoms with Crippen LogP contribution >= 0.6 is 0 Å². The van der Waals surface area contributed by atoms with Gasteiger partial charge in [-0.25, -0.2) is 4.79 Å². The molecule has 1 aromatic carbocycles. The summed E-state index contributed by atoms with van der Waals surface area (Å²) in [7, 11) is 3.37. The molecule has 1 amide bonds. The van der Waals surface area contributed by atoms with E-state index in [9.17, 15) is 4.79 Å². The van der Waals surface area contributed by atoms with Gasteiger partial charge in [-0.3, -0.25) is 4.90 Å². The van der Waals surface area contributed by atoms with Gasteiger partial charge in [-0.1, -0.05) is 0 Å². The van der Waals surface area contributed by atoms with Crippen LogP contribution in [0.1, 0.15) is 12.8 Å². The molecule has 2 aliphatic heterocycles. The quantitative estimate of drug-likeness (QED) is 0.824. The summed E-state index contributed by atoms with van der Waals surface area (Å²) in [4.78, 5) is 15.6. The molecule has 0 aromatic heterocycles. The summed E-state index contributed by atoms with van der Waals surface area (Å²) in [6.45, 7) is 1.91. The van der Waals surface area contributed by atoms with Gasteiger partial charge in [0.2, 0.25) is 0 Å². The van der Waals surface area contributed by atoms with Crippen molar-refractivity contribution >= 4 is 17.5 Å². The second-order valence-corrected chi connectivity index (χ2v) is 6.12. The number of aliphatic hydroxyl groups is 1. The number of aliphatic hydroxyl groups excluding tert-OH is 1. The molecule has 1 N–H and O–H groups in total. The zero-order valence-corrected chi connectivity index (χ0v) is 14.1. The minimum atomic E-state index is -0.477. The van der Waals surface area contributed by atoms with Crippen LogP contribution in [0.2, 0.25) is 0 Å². The number of amides is 1. The summed E-state index contributed by atoms with van der Waals surface area (Å²) in [6.07, 6.45) is 0.747. The molecule has 3 rings (SSSR count). The summed E-state index contributed by atoms with van der Waals surface area (Å²) >= 11 is 0. The maximum absolute atomic E-state index is 11.8. The molecule has 0 spiro atoms. The van der Waals surface area contributed by atoms with E-state index in [1.165, 1.54) is 0 Å². The maximum Gasteiger partial charge on any atom is 0.414 e. The van der Waals surface area contributed by atoms with Gasteiger partial charge in [0.05, 0.1) is 13.2 Å². The first-order valence-electron chi connectivity index (χ1n) is 8.15. The third kappa shape index (κ3) is 3.19. The first-order chi connectivity index (χ1) is 11.6. The summed E-state index contributed by atoms with van der Waals surface area (Å²) < 4.78 is 16.1. The lowest BCUT2D eigenvalue weighted by atomic mass is 10.0. The van der Waals surface area contributed by atoms with Gasteiger partial charge in [-0.2, -0.15) is 0 Å². The zero-order chi connectivity index (χ0) is 17.2. The predicted molar refractivity (Wildman–Crippen MR) is 89.3 cm³/mol. The number of cyclic esters (lactones) is 1. The van der Waals surface area contributed by atoms with Crippen molar-refractivity contribution in [1.29, 1.82) is 0 Å². The minimum absolute atomic E-state index is 0.158. The Morgan fingerprint density at radius 2 is 1.75 bits per heavy atom. The molecular formula is C17H24N2O5. The number of methoxy groups -OCH3 is 2. The number of ether oxygens (including phenoxy) is 3. The summed E-state index contributed by atoms with van der Waals surface area (Å²) in [6, 6.07) is 7.82. The fraction of sp³-hybridized carbons (Fsp3) is 0.588. The predicted octanol–water partition coefficient (Wildman–Crippen LogP) is 1.59. The van der Waals surface area contributed by atoms with E-state index in [2.05, 4.69) is 4.90 Å². The first-order valence-corrected chi connectivity index (χ1v) is 8.15. The molecule has 1 atom stereocenters. The molecule has 2 fully saturated rings. The van der Waals surface area contributed by atoms with Crippen molar-refractivity contribution in [3.05, 3.63) is 24.3 Å². The van der Waals surface area contributed by atoms with Crippen molar-refractivity contribution in [1.82, 2.24) is 0 Å². The highest BCUT2D eigenvalue weighted by molar-refractivity contribution is 5.90.